The summed E-state index contributed by atoms with van der Waals surface area (Å²) in [6, 6.07) is 10.2. The molecule has 0 unspecified atom stereocenters. The minimum atomic E-state index is -5.08. The van der Waals surface area contributed by atoms with Gasteiger partial charge in [0, 0.05) is 36.9 Å². The number of aromatic nitrogens is 3. The predicted molar refractivity (Wildman–Crippen MR) is 135 cm³/mol. The smallest absolute Gasteiger partial charge is 0.475 e. The highest BCUT2D eigenvalue weighted by molar-refractivity contribution is 6.33. The van der Waals surface area contributed by atoms with Gasteiger partial charge in [0.15, 0.2) is 11.8 Å². The van der Waals surface area contributed by atoms with Gasteiger partial charge in [-0.05, 0) is 24.6 Å². The molecule has 3 aliphatic rings. The van der Waals surface area contributed by atoms with E-state index in [0.717, 1.165) is 30.8 Å². The van der Waals surface area contributed by atoms with Crippen LogP contribution in [0.15, 0.2) is 30.3 Å². The summed E-state index contributed by atoms with van der Waals surface area (Å²) in [6.45, 7) is 2.62. The van der Waals surface area contributed by atoms with Gasteiger partial charge in [0.05, 0.1) is 29.4 Å². The van der Waals surface area contributed by atoms with Gasteiger partial charge in [-0.1, -0.05) is 23.7 Å². The van der Waals surface area contributed by atoms with Gasteiger partial charge >= 0.3 is 12.1 Å². The Balaban J connectivity index is 0.000000411. The normalized spacial score (nSPS) is 26.1. The molecule has 0 aliphatic carbocycles. The van der Waals surface area contributed by atoms with Crippen molar-refractivity contribution in [3.05, 3.63) is 35.4 Å². The zero-order chi connectivity index (χ0) is 28.6. The topological polar surface area (TPSA) is 150 Å². The first kappa shape index (κ1) is 28.4. The Kier molecular flexibility index (Phi) is 8.06. The Morgan fingerprint density at radius 2 is 1.88 bits per heavy atom. The summed E-state index contributed by atoms with van der Waals surface area (Å²) in [4.78, 5) is 23.4. The van der Waals surface area contributed by atoms with E-state index < -0.39 is 18.2 Å². The third-order valence-corrected chi connectivity index (χ3v) is 7.23. The van der Waals surface area contributed by atoms with Crippen molar-refractivity contribution in [2.75, 3.05) is 37.8 Å². The van der Waals surface area contributed by atoms with E-state index in [1.54, 1.807) is 6.07 Å². The lowest BCUT2D eigenvalue weighted by Crippen LogP contribution is -2.34. The second-order valence-electron chi connectivity index (χ2n) is 9.68. The Labute approximate surface area is 230 Å². The number of H-pyrrole nitrogens is 1. The molecule has 0 amide bonds. The number of benzene rings is 1. The van der Waals surface area contributed by atoms with E-state index in [1.165, 1.54) is 0 Å². The molecule has 3 fully saturated rings. The fourth-order valence-electron chi connectivity index (χ4n) is 4.89. The monoisotopic (exact) mass is 586 g/mol. The van der Waals surface area contributed by atoms with Gasteiger partial charge in [0.2, 0.25) is 0 Å². The number of pyridine rings is 1. The second-order valence-corrected chi connectivity index (χ2v) is 10.1. The molecule has 216 valence electrons. The highest BCUT2D eigenvalue weighted by Gasteiger charge is 2.48. The number of anilines is 1. The van der Waals surface area contributed by atoms with Crippen molar-refractivity contribution in [1.29, 1.82) is 0 Å². The van der Waals surface area contributed by atoms with Gasteiger partial charge in [0.25, 0.3) is 6.01 Å². The van der Waals surface area contributed by atoms with Gasteiger partial charge in [-0.15, -0.1) is 0 Å². The van der Waals surface area contributed by atoms with Crippen molar-refractivity contribution >= 4 is 34.4 Å². The van der Waals surface area contributed by atoms with E-state index in [-0.39, 0.29) is 31.5 Å². The summed E-state index contributed by atoms with van der Waals surface area (Å²) >= 11 is 6.55. The van der Waals surface area contributed by atoms with Crippen LogP contribution in [0.1, 0.15) is 6.42 Å². The number of rotatable bonds is 5. The zero-order valence-corrected chi connectivity index (χ0v) is 21.6. The molecule has 15 heteroatoms. The highest BCUT2D eigenvalue weighted by Crippen LogP contribution is 2.33. The molecule has 1 aromatic carbocycles. The van der Waals surface area contributed by atoms with E-state index in [1.807, 2.05) is 12.1 Å². The molecule has 0 radical (unpaired) electrons. The van der Waals surface area contributed by atoms with Crippen LogP contribution in [0.5, 0.6) is 6.01 Å². The number of carboxylic acid groups (broad SMARTS) is 1. The summed E-state index contributed by atoms with van der Waals surface area (Å²) in [7, 11) is 0. The number of imidazole rings is 1. The predicted octanol–water partition coefficient (Wildman–Crippen LogP) is 2.64. The average Bonchev–Trinajstić information content (AvgIpc) is 3.70. The Hall–Kier alpha value is -3.17. The number of carbonyl (C=O) groups is 1. The number of fused-ring (bicyclic) bond motifs is 2. The molecule has 0 spiro atoms. The molecule has 6 rings (SSSR count). The second kappa shape index (κ2) is 11.4. The minimum Gasteiger partial charge on any atom is -0.475 e. The maximum absolute atomic E-state index is 10.6. The van der Waals surface area contributed by atoms with Gasteiger partial charge < -0.3 is 39.4 Å². The van der Waals surface area contributed by atoms with Crippen LogP contribution < -0.4 is 9.64 Å². The molecule has 0 saturated carbocycles. The van der Waals surface area contributed by atoms with Gasteiger partial charge in [-0.2, -0.15) is 18.2 Å². The number of alkyl halides is 3. The summed E-state index contributed by atoms with van der Waals surface area (Å²) in [5, 5.41) is 26.9. The van der Waals surface area contributed by atoms with Crippen LogP contribution >= 0.6 is 11.6 Å². The van der Waals surface area contributed by atoms with Crippen LogP contribution in [0.2, 0.25) is 5.02 Å². The zero-order valence-electron chi connectivity index (χ0n) is 20.8. The highest BCUT2D eigenvalue weighted by atomic mass is 35.5. The van der Waals surface area contributed by atoms with Crippen molar-refractivity contribution in [3.8, 4) is 17.3 Å². The molecular formula is C25H26ClF3N4O7. The first-order chi connectivity index (χ1) is 19.0. The van der Waals surface area contributed by atoms with Crippen LogP contribution in [0.25, 0.3) is 22.4 Å². The molecule has 2 aromatic heterocycles. The maximum Gasteiger partial charge on any atom is 0.490 e. The SMILES string of the molecule is O=C(O)C(F)(F)F.OC[C@H]1CCN(c2ccc(-c3nc4nc(O[C@@H]5CO[C@H]6[C@@H]5OC[C@H]6O)[nH]c4cc3Cl)cc2)C1. The van der Waals surface area contributed by atoms with Gasteiger partial charge in [0.1, 0.15) is 18.3 Å². The Bertz CT molecular complexity index is 1360. The number of aliphatic carboxylic acids is 1. The summed E-state index contributed by atoms with van der Waals surface area (Å²) in [6.07, 6.45) is -5.74. The number of ether oxygens (including phenoxy) is 3. The summed E-state index contributed by atoms with van der Waals surface area (Å²) in [5.74, 6) is -2.42. The number of nitrogens with zero attached hydrogens (tertiary/aromatic N) is 3. The molecule has 3 aromatic rings. The first-order valence-corrected chi connectivity index (χ1v) is 12.8. The third-order valence-electron chi connectivity index (χ3n) is 6.94. The van der Waals surface area contributed by atoms with Crippen molar-refractivity contribution in [2.45, 2.75) is 37.0 Å². The van der Waals surface area contributed by atoms with Crippen molar-refractivity contribution in [2.24, 2.45) is 5.92 Å². The number of aliphatic hydroxyl groups is 2. The van der Waals surface area contributed by atoms with E-state index in [4.69, 9.17) is 35.7 Å². The van der Waals surface area contributed by atoms with E-state index >= 15 is 0 Å². The number of aromatic amines is 1. The van der Waals surface area contributed by atoms with Crippen molar-refractivity contribution in [1.82, 2.24) is 15.0 Å². The van der Waals surface area contributed by atoms with E-state index in [9.17, 15) is 23.4 Å². The fraction of sp³-hybridized carbons (Fsp3) is 0.480. The molecular weight excluding hydrogens is 561 g/mol. The molecule has 5 heterocycles. The molecule has 5 atom stereocenters. The maximum atomic E-state index is 10.6. The fourth-order valence-corrected chi connectivity index (χ4v) is 5.15. The number of aliphatic hydroxyl groups excluding tert-OH is 2. The van der Waals surface area contributed by atoms with Crippen molar-refractivity contribution < 1.29 is 47.5 Å². The number of carboxylic acids is 1. The van der Waals surface area contributed by atoms with E-state index in [2.05, 4.69) is 32.0 Å². The van der Waals surface area contributed by atoms with E-state index in [0.29, 0.717) is 40.4 Å². The van der Waals surface area contributed by atoms with Crippen LogP contribution in [0, 0.1) is 5.92 Å². The molecule has 40 heavy (non-hydrogen) atoms. The lowest BCUT2D eigenvalue weighted by Gasteiger charge is -2.18. The minimum absolute atomic E-state index is 0.230. The first-order valence-electron chi connectivity index (χ1n) is 12.4. The Morgan fingerprint density at radius 1 is 1.18 bits per heavy atom. The summed E-state index contributed by atoms with van der Waals surface area (Å²) in [5.41, 5.74) is 3.84. The number of halogens is 4. The molecule has 0 bridgehead atoms. The van der Waals surface area contributed by atoms with Crippen LogP contribution in [0.4, 0.5) is 18.9 Å². The van der Waals surface area contributed by atoms with Crippen molar-refractivity contribution in [3.63, 3.8) is 0 Å². The standard InChI is InChI=1S/C23H25ClN4O5.C2HF3O2/c24-15-7-16-22(27-23(25-16)33-18-11-32-20-17(30)10-31-21(18)20)26-19(15)13-1-3-14(4-2-13)28-6-5-12(8-28)9-29;3-2(4,5)1(6)7/h1-4,7,12,17-18,20-21,29-30H,5-6,8-11H2,(H,25,26,27);(H,6,7)/t12-,17+,18+,20+,21+;/m0./s1. The Morgan fingerprint density at radius 3 is 2.52 bits per heavy atom. The molecule has 4 N–H and O–H groups in total. The third kappa shape index (κ3) is 5.95. The van der Waals surface area contributed by atoms with Gasteiger partial charge in [-0.25, -0.2) is 9.78 Å². The molecule has 11 nitrogen and oxygen atoms in total. The average molecular weight is 587 g/mol. The van der Waals surface area contributed by atoms with Crippen LogP contribution in [-0.2, 0) is 14.3 Å². The quantitative estimate of drug-likeness (QED) is 0.351. The number of nitrogens with one attached hydrogen (secondary N) is 1. The molecule has 3 saturated heterocycles. The molecule has 3 aliphatic heterocycles. The lowest BCUT2D eigenvalue weighted by molar-refractivity contribution is -0.192. The van der Waals surface area contributed by atoms with Gasteiger partial charge in [-0.3, -0.25) is 0 Å². The van der Waals surface area contributed by atoms with Crippen LogP contribution in [0.3, 0.4) is 0 Å². The van der Waals surface area contributed by atoms with Crippen LogP contribution in [-0.4, -0.2) is 99.7 Å². The number of hydrogen-bond donors (Lipinski definition) is 4. The largest absolute Gasteiger partial charge is 0.490 e. The number of hydrogen-bond acceptors (Lipinski definition) is 9. The summed E-state index contributed by atoms with van der Waals surface area (Å²) < 4.78 is 48.9. The lowest BCUT2D eigenvalue weighted by atomic mass is 10.1.